The predicted molar refractivity (Wildman–Crippen MR) is 51.4 cm³/mol. The monoisotopic (exact) mass is 231 g/mol. The second kappa shape index (κ2) is 3.74. The molecule has 0 fully saturated rings. The average Bonchev–Trinajstić information content (AvgIpc) is 2.09. The van der Waals surface area contributed by atoms with Gasteiger partial charge in [-0.15, -0.1) is 0 Å². The molecule has 1 aromatic rings. The molecule has 0 atom stereocenters. The zero-order valence-corrected chi connectivity index (χ0v) is 8.28. The van der Waals surface area contributed by atoms with E-state index >= 15 is 0 Å². The molecular formula is C8H6ClNO5. The number of halogens is 1. The van der Waals surface area contributed by atoms with Crippen molar-refractivity contribution >= 4 is 23.1 Å². The lowest BCUT2D eigenvalue weighted by Gasteiger charge is -2.05. The van der Waals surface area contributed by atoms with Gasteiger partial charge in [0, 0.05) is 6.07 Å². The summed E-state index contributed by atoms with van der Waals surface area (Å²) < 4.78 is 0. The summed E-state index contributed by atoms with van der Waals surface area (Å²) in [4.78, 5) is 20.7. The Morgan fingerprint density at radius 1 is 1.53 bits per heavy atom. The van der Waals surface area contributed by atoms with E-state index in [-0.39, 0.29) is 5.02 Å². The first-order valence-electron chi connectivity index (χ1n) is 3.76. The van der Waals surface area contributed by atoms with Crippen LogP contribution >= 0.6 is 11.6 Å². The summed E-state index contributed by atoms with van der Waals surface area (Å²) in [6.45, 7) is 1.07. The highest BCUT2D eigenvalue weighted by molar-refractivity contribution is 6.34. The number of nitro benzene ring substituents is 1. The van der Waals surface area contributed by atoms with E-state index in [4.69, 9.17) is 16.7 Å². The van der Waals surface area contributed by atoms with Gasteiger partial charge in [-0.1, -0.05) is 11.6 Å². The van der Waals surface area contributed by atoms with Crippen molar-refractivity contribution in [1.29, 1.82) is 0 Å². The summed E-state index contributed by atoms with van der Waals surface area (Å²) in [6, 6.07) is 0.876. The van der Waals surface area contributed by atoms with Gasteiger partial charge in [-0.25, -0.2) is 0 Å². The van der Waals surface area contributed by atoms with Gasteiger partial charge in [0.25, 0.3) is 0 Å². The van der Waals surface area contributed by atoms with Crippen LogP contribution in [0.3, 0.4) is 0 Å². The fourth-order valence-electron chi connectivity index (χ4n) is 1.13. The third-order valence-electron chi connectivity index (χ3n) is 1.74. The van der Waals surface area contributed by atoms with Gasteiger partial charge in [0.15, 0.2) is 11.5 Å². The number of phenolic OH excluding ortho intramolecular Hbond substituents is 2. The average molecular weight is 232 g/mol. The number of aromatic hydroxyl groups is 2. The Morgan fingerprint density at radius 3 is 2.47 bits per heavy atom. The quantitative estimate of drug-likeness (QED) is 0.350. The molecule has 80 valence electrons. The highest BCUT2D eigenvalue weighted by atomic mass is 35.5. The largest absolute Gasteiger partial charge is 0.504 e. The number of carbonyl (C=O) groups excluding carboxylic acids is 1. The first-order chi connectivity index (χ1) is 6.86. The highest BCUT2D eigenvalue weighted by Gasteiger charge is 2.28. The Bertz CT molecular complexity index is 457. The molecule has 0 radical (unpaired) electrons. The van der Waals surface area contributed by atoms with E-state index in [2.05, 4.69) is 0 Å². The molecule has 0 saturated carbocycles. The maximum absolute atomic E-state index is 11.1. The normalized spacial score (nSPS) is 10.0. The summed E-state index contributed by atoms with van der Waals surface area (Å²) >= 11 is 5.55. The first-order valence-corrected chi connectivity index (χ1v) is 4.13. The highest BCUT2D eigenvalue weighted by Crippen LogP contribution is 2.41. The third kappa shape index (κ3) is 1.84. The smallest absolute Gasteiger partial charge is 0.326 e. The number of hydrogen-bond donors (Lipinski definition) is 2. The number of nitro groups is 1. The molecule has 0 heterocycles. The number of benzene rings is 1. The lowest BCUT2D eigenvalue weighted by Crippen LogP contribution is -2.01. The molecule has 0 spiro atoms. The van der Waals surface area contributed by atoms with Crippen LogP contribution in [0.5, 0.6) is 11.5 Å². The lowest BCUT2D eigenvalue weighted by atomic mass is 10.1. The van der Waals surface area contributed by atoms with Crippen LogP contribution in [0.2, 0.25) is 5.02 Å². The topological polar surface area (TPSA) is 101 Å². The molecule has 6 nitrogen and oxygen atoms in total. The molecule has 1 rings (SSSR count). The molecule has 15 heavy (non-hydrogen) atoms. The minimum Gasteiger partial charge on any atom is -0.504 e. The Balaban J connectivity index is 3.69. The molecule has 0 aliphatic rings. The van der Waals surface area contributed by atoms with Crippen molar-refractivity contribution < 1.29 is 19.9 Å². The minimum absolute atomic E-state index is 0.274. The van der Waals surface area contributed by atoms with Gasteiger partial charge >= 0.3 is 5.69 Å². The number of rotatable bonds is 2. The molecule has 0 amide bonds. The van der Waals surface area contributed by atoms with Gasteiger partial charge in [0.2, 0.25) is 5.75 Å². The van der Waals surface area contributed by atoms with Crippen molar-refractivity contribution in [1.82, 2.24) is 0 Å². The Kier molecular flexibility index (Phi) is 2.81. The molecule has 0 unspecified atom stereocenters. The van der Waals surface area contributed by atoms with Crippen LogP contribution < -0.4 is 0 Å². The molecule has 0 aromatic heterocycles. The molecule has 0 aliphatic heterocycles. The summed E-state index contributed by atoms with van der Waals surface area (Å²) in [6.07, 6.45) is 0. The summed E-state index contributed by atoms with van der Waals surface area (Å²) in [5.41, 5.74) is -1.30. The van der Waals surface area contributed by atoms with Gasteiger partial charge in [0.05, 0.1) is 9.95 Å². The van der Waals surface area contributed by atoms with E-state index < -0.39 is 33.5 Å². The fourth-order valence-corrected chi connectivity index (χ4v) is 1.45. The molecule has 0 aliphatic carbocycles. The lowest BCUT2D eigenvalue weighted by molar-refractivity contribution is -0.386. The Morgan fingerprint density at radius 2 is 2.07 bits per heavy atom. The second-order valence-corrected chi connectivity index (χ2v) is 3.17. The fraction of sp³-hybridized carbons (Fsp3) is 0.125. The van der Waals surface area contributed by atoms with Gasteiger partial charge in [-0.05, 0) is 6.92 Å². The number of carbonyl (C=O) groups is 1. The molecule has 0 saturated heterocycles. The molecule has 2 N–H and O–H groups in total. The van der Waals surface area contributed by atoms with Crippen molar-refractivity contribution in [2.24, 2.45) is 0 Å². The third-order valence-corrected chi connectivity index (χ3v) is 2.04. The van der Waals surface area contributed by atoms with Crippen molar-refractivity contribution in [3.8, 4) is 11.5 Å². The summed E-state index contributed by atoms with van der Waals surface area (Å²) in [5.74, 6) is -2.37. The Labute approximate surface area is 88.9 Å². The number of phenols is 2. The van der Waals surface area contributed by atoms with Gasteiger partial charge < -0.3 is 10.2 Å². The van der Waals surface area contributed by atoms with Crippen LogP contribution in [0, 0.1) is 10.1 Å². The van der Waals surface area contributed by atoms with E-state index in [0.29, 0.717) is 0 Å². The van der Waals surface area contributed by atoms with E-state index in [1.54, 1.807) is 0 Å². The zero-order valence-electron chi connectivity index (χ0n) is 7.52. The Hall–Kier alpha value is -1.82. The molecule has 0 bridgehead atoms. The van der Waals surface area contributed by atoms with Crippen LogP contribution in [-0.4, -0.2) is 20.9 Å². The van der Waals surface area contributed by atoms with E-state index in [1.165, 1.54) is 0 Å². The van der Waals surface area contributed by atoms with Crippen molar-refractivity contribution in [2.75, 3.05) is 0 Å². The first kappa shape index (κ1) is 11.3. The maximum Gasteiger partial charge on any atom is 0.326 e. The minimum atomic E-state index is -0.975. The molecule has 1 aromatic carbocycles. The van der Waals surface area contributed by atoms with E-state index in [0.717, 1.165) is 13.0 Å². The number of nitrogens with zero attached hydrogens (tertiary/aromatic N) is 1. The summed E-state index contributed by atoms with van der Waals surface area (Å²) in [5, 5.41) is 28.6. The number of Topliss-reactive ketones (excluding diaryl/α,β-unsaturated/α-hetero) is 1. The maximum atomic E-state index is 11.1. The number of ketones is 1. The number of hydrogen-bond acceptors (Lipinski definition) is 5. The SMILES string of the molecule is CC(=O)c1c(Cl)cc(O)c(O)c1[N+](=O)[O-]. The standard InChI is InChI=1S/C8H6ClNO5/c1-3(11)6-4(9)2-5(12)8(13)7(6)10(14)15/h2,12-13H,1H3. The molecule has 7 heteroatoms. The van der Waals surface area contributed by atoms with Crippen LogP contribution in [0.15, 0.2) is 6.07 Å². The predicted octanol–water partition coefficient (Wildman–Crippen LogP) is 1.86. The van der Waals surface area contributed by atoms with Crippen LogP contribution in [0.25, 0.3) is 0 Å². The van der Waals surface area contributed by atoms with Crippen molar-refractivity contribution in [3.05, 3.63) is 26.8 Å². The van der Waals surface area contributed by atoms with Crippen molar-refractivity contribution in [2.45, 2.75) is 6.92 Å². The van der Waals surface area contributed by atoms with Gasteiger partial charge in [-0.3, -0.25) is 14.9 Å². The van der Waals surface area contributed by atoms with Crippen LogP contribution in [-0.2, 0) is 0 Å². The summed E-state index contributed by atoms with van der Waals surface area (Å²) in [7, 11) is 0. The second-order valence-electron chi connectivity index (χ2n) is 2.76. The van der Waals surface area contributed by atoms with E-state index in [1.807, 2.05) is 0 Å². The van der Waals surface area contributed by atoms with Crippen molar-refractivity contribution in [3.63, 3.8) is 0 Å². The van der Waals surface area contributed by atoms with Crippen LogP contribution in [0.4, 0.5) is 5.69 Å². The van der Waals surface area contributed by atoms with Gasteiger partial charge in [0.1, 0.15) is 5.56 Å². The van der Waals surface area contributed by atoms with Gasteiger partial charge in [-0.2, -0.15) is 0 Å². The van der Waals surface area contributed by atoms with Crippen LogP contribution in [0.1, 0.15) is 17.3 Å². The zero-order chi connectivity index (χ0) is 11.7. The van der Waals surface area contributed by atoms with E-state index in [9.17, 15) is 20.0 Å². The molecular weight excluding hydrogens is 226 g/mol.